The third-order valence-corrected chi connectivity index (χ3v) is 12.7. The molecule has 0 aliphatic carbocycles. The quantitative estimate of drug-likeness (QED) is 0.310. The van der Waals surface area contributed by atoms with Crippen LogP contribution in [0.1, 0.15) is 80.3 Å². The number of hydrogen-bond donors (Lipinski definition) is 1. The minimum absolute atomic E-state index is 0.00278. The van der Waals surface area contributed by atoms with Gasteiger partial charge in [0.05, 0.1) is 61.3 Å². The number of nitrogens with zero attached hydrogens (tertiary/aromatic N) is 5. The molecule has 1 aromatic rings. The number of aliphatic hydroxyl groups is 1. The van der Waals surface area contributed by atoms with Gasteiger partial charge in [0.15, 0.2) is 18.5 Å². The summed E-state index contributed by atoms with van der Waals surface area (Å²) in [7, 11) is 3.87. The van der Waals surface area contributed by atoms with Crippen LogP contribution in [0.15, 0.2) is 34.5 Å². The van der Waals surface area contributed by atoms with Crippen molar-refractivity contribution in [1.29, 1.82) is 0 Å². The average Bonchev–Trinajstić information content (AvgIpc) is 3.30. The molecule has 0 unspecified atom stereocenters. The van der Waals surface area contributed by atoms with E-state index in [-0.39, 0.29) is 43.8 Å². The van der Waals surface area contributed by atoms with E-state index in [1.54, 1.807) is 18.0 Å². The SMILES string of the molecule is CC[C@@H]1OC(=O)[C@H](C)[C@H]2OCC(=NOCc3ccccn3)CO[C@](C)(C[C@@H](C)C3=NCCN4C(=O)O[C@@]1(C)[C@H]4[C@H]3C)[C@@H](O[C@H]1O[C@@H](C)C[C@@H](N(C)C)[C@@H]1O)[C@@H]2C. The Labute approximate surface area is 331 Å². The number of carbonyl (C=O) groups excluding carboxylic acids is 2. The summed E-state index contributed by atoms with van der Waals surface area (Å²) in [6.45, 7) is 16.7. The lowest BCUT2D eigenvalue weighted by molar-refractivity contribution is -0.302. The maximum atomic E-state index is 14.5. The molecule has 0 spiro atoms. The van der Waals surface area contributed by atoms with Crippen molar-refractivity contribution in [3.63, 3.8) is 0 Å². The van der Waals surface area contributed by atoms with Gasteiger partial charge in [-0.1, -0.05) is 38.9 Å². The van der Waals surface area contributed by atoms with Gasteiger partial charge in [0.1, 0.15) is 17.9 Å². The molecule has 0 saturated carbocycles. The predicted molar refractivity (Wildman–Crippen MR) is 207 cm³/mol. The van der Waals surface area contributed by atoms with Crippen LogP contribution in [-0.4, -0.2) is 144 Å². The van der Waals surface area contributed by atoms with Gasteiger partial charge in [0.25, 0.3) is 0 Å². The molecule has 14 atom stereocenters. The molecule has 5 aliphatic rings. The summed E-state index contributed by atoms with van der Waals surface area (Å²) < 4.78 is 39.7. The maximum Gasteiger partial charge on any atom is 0.410 e. The number of aliphatic imine (C=N–C) groups is 1. The van der Waals surface area contributed by atoms with Crippen LogP contribution in [0.25, 0.3) is 0 Å². The first kappa shape index (κ1) is 42.4. The van der Waals surface area contributed by atoms with Crippen LogP contribution >= 0.6 is 0 Å². The van der Waals surface area contributed by atoms with Crippen molar-refractivity contribution in [2.24, 2.45) is 33.8 Å². The highest BCUT2D eigenvalue weighted by Gasteiger charge is 2.60. The summed E-state index contributed by atoms with van der Waals surface area (Å²) >= 11 is 0. The fourth-order valence-electron chi connectivity index (χ4n) is 9.89. The Balaban J connectivity index is 1.45. The number of oxime groups is 1. The number of esters is 1. The number of aliphatic hydroxyl groups excluding tert-OH is 1. The number of likely N-dealkylation sites (N-methyl/N-ethyl adjacent to an activating group) is 1. The second kappa shape index (κ2) is 17.3. The van der Waals surface area contributed by atoms with Crippen LogP contribution in [0.5, 0.6) is 0 Å². The van der Waals surface area contributed by atoms with Gasteiger partial charge >= 0.3 is 12.1 Å². The van der Waals surface area contributed by atoms with Crippen molar-refractivity contribution >= 4 is 23.5 Å². The Hall–Kier alpha value is -3.21. The van der Waals surface area contributed by atoms with E-state index >= 15 is 0 Å². The van der Waals surface area contributed by atoms with Crippen molar-refractivity contribution in [1.82, 2.24) is 14.8 Å². The number of rotatable bonds is 7. The molecule has 4 bridgehead atoms. The number of amides is 1. The largest absolute Gasteiger partial charge is 0.458 e. The van der Waals surface area contributed by atoms with Gasteiger partial charge in [0.2, 0.25) is 0 Å². The van der Waals surface area contributed by atoms with E-state index in [9.17, 15) is 14.7 Å². The van der Waals surface area contributed by atoms with Crippen LogP contribution in [0.2, 0.25) is 0 Å². The van der Waals surface area contributed by atoms with Gasteiger partial charge in [-0.15, -0.1) is 0 Å². The smallest absolute Gasteiger partial charge is 0.410 e. The third-order valence-electron chi connectivity index (χ3n) is 12.7. The first-order valence-electron chi connectivity index (χ1n) is 20.3. The lowest BCUT2D eigenvalue weighted by Crippen LogP contribution is -2.60. The Kier molecular flexibility index (Phi) is 13.1. The van der Waals surface area contributed by atoms with Gasteiger partial charge in [0, 0.05) is 36.3 Å². The highest BCUT2D eigenvalue weighted by molar-refractivity contribution is 5.91. The molecule has 0 aromatic carbocycles. The minimum atomic E-state index is -1.13. The highest BCUT2D eigenvalue weighted by atomic mass is 16.7. The molecule has 4 saturated heterocycles. The number of ether oxygens (including phenoxy) is 6. The molecule has 1 aromatic heterocycles. The molecule has 15 heteroatoms. The van der Waals surface area contributed by atoms with E-state index in [0.717, 1.165) is 5.71 Å². The third kappa shape index (κ3) is 8.49. The van der Waals surface area contributed by atoms with Gasteiger partial charge in [-0.2, -0.15) is 0 Å². The fraction of sp³-hybridized carbons (Fsp3) is 0.780. The number of carbonyl (C=O) groups is 2. The topological polar surface area (TPSA) is 163 Å². The summed E-state index contributed by atoms with van der Waals surface area (Å²) in [6, 6.07) is 4.93. The zero-order chi connectivity index (χ0) is 40.5. The summed E-state index contributed by atoms with van der Waals surface area (Å²) in [5.74, 6) is -2.22. The molecule has 6 heterocycles. The molecule has 5 aliphatic heterocycles. The molecule has 0 radical (unpaired) electrons. The van der Waals surface area contributed by atoms with E-state index < -0.39 is 71.8 Å². The van der Waals surface area contributed by atoms with Gasteiger partial charge < -0.3 is 43.3 Å². The van der Waals surface area contributed by atoms with E-state index in [4.69, 9.17) is 38.3 Å². The fourth-order valence-corrected chi connectivity index (χ4v) is 9.89. The lowest BCUT2D eigenvalue weighted by Gasteiger charge is -2.48. The Morgan fingerprint density at radius 3 is 2.55 bits per heavy atom. The van der Waals surface area contributed by atoms with E-state index in [1.807, 2.05) is 71.8 Å². The second-order valence-electron chi connectivity index (χ2n) is 17.1. The average molecular weight is 786 g/mol. The molecular weight excluding hydrogens is 722 g/mol. The monoisotopic (exact) mass is 785 g/mol. The van der Waals surface area contributed by atoms with Crippen LogP contribution in [0, 0.1) is 23.7 Å². The number of cyclic esters (lactones) is 1. The summed E-state index contributed by atoms with van der Waals surface area (Å²) in [4.78, 5) is 46.9. The first-order valence-corrected chi connectivity index (χ1v) is 20.3. The first-order chi connectivity index (χ1) is 26.6. The highest BCUT2D eigenvalue weighted by Crippen LogP contribution is 2.45. The van der Waals surface area contributed by atoms with Crippen molar-refractivity contribution in [2.45, 2.75) is 141 Å². The van der Waals surface area contributed by atoms with Crippen LogP contribution < -0.4 is 0 Å². The zero-order valence-electron chi connectivity index (χ0n) is 34.8. The van der Waals surface area contributed by atoms with Crippen LogP contribution in [-0.2, 0) is 44.7 Å². The van der Waals surface area contributed by atoms with Crippen molar-refractivity contribution < 1.29 is 48.0 Å². The molecular formula is C41H63N5O10. The summed E-state index contributed by atoms with van der Waals surface area (Å²) in [5, 5.41) is 16.2. The second-order valence-corrected chi connectivity index (χ2v) is 17.1. The number of fused-ring (bicyclic) bond motifs is 4. The van der Waals surface area contributed by atoms with Crippen molar-refractivity contribution in [2.75, 3.05) is 40.4 Å². The van der Waals surface area contributed by atoms with Gasteiger partial charge in [-0.05, 0) is 79.1 Å². The van der Waals surface area contributed by atoms with E-state index in [2.05, 4.69) is 24.0 Å². The number of aromatic nitrogens is 1. The normalized spacial score (nSPS) is 41.8. The molecule has 6 rings (SSSR count). The molecule has 1 amide bonds. The summed E-state index contributed by atoms with van der Waals surface area (Å²) in [5.41, 5.74) is -0.0988. The Morgan fingerprint density at radius 1 is 1.09 bits per heavy atom. The summed E-state index contributed by atoms with van der Waals surface area (Å²) in [6.07, 6.45) is -1.68. The molecule has 56 heavy (non-hydrogen) atoms. The van der Waals surface area contributed by atoms with E-state index in [1.165, 1.54) is 0 Å². The molecule has 15 nitrogen and oxygen atoms in total. The van der Waals surface area contributed by atoms with Crippen molar-refractivity contribution in [3.8, 4) is 0 Å². The molecule has 1 N–H and O–H groups in total. The Morgan fingerprint density at radius 2 is 1.86 bits per heavy atom. The zero-order valence-corrected chi connectivity index (χ0v) is 34.8. The van der Waals surface area contributed by atoms with Gasteiger partial charge in [-0.3, -0.25) is 19.7 Å². The number of pyridine rings is 1. The van der Waals surface area contributed by atoms with Crippen LogP contribution in [0.3, 0.4) is 0 Å². The molecule has 312 valence electrons. The predicted octanol–water partition coefficient (Wildman–Crippen LogP) is 4.24. The molecule has 4 fully saturated rings. The van der Waals surface area contributed by atoms with E-state index in [0.29, 0.717) is 43.8 Å². The maximum absolute atomic E-state index is 14.5. The van der Waals surface area contributed by atoms with Crippen molar-refractivity contribution in [3.05, 3.63) is 30.1 Å². The number of hydrogen-bond acceptors (Lipinski definition) is 14. The lowest BCUT2D eigenvalue weighted by atomic mass is 9.72. The van der Waals surface area contributed by atoms with Crippen LogP contribution in [0.4, 0.5) is 4.79 Å². The minimum Gasteiger partial charge on any atom is -0.458 e. The Bertz CT molecular complexity index is 1600. The standard InChI is InChI=1S/C41H63N5O10/c1-11-31-41(8)35-25(4)32(43-16-17-46(35)39(49)56-41)23(2)19-40(7)36(55-38-33(47)30(45(9)10)18-24(3)53-38)26(5)34(27(6)37(48)54-31)50-20-29(21-51-40)44-52-22-28-14-12-13-15-42-28/h12-15,23-27,30-31,33-36,38,47H,11,16-22H2,1-10H3/t23-,24+,25+,26-,27-,30-,31+,33+,34+,35-,36+,38-,40-,41-/m1/s1. The van der Waals surface area contributed by atoms with Gasteiger partial charge in [-0.25, -0.2) is 4.79 Å².